The molecule has 5 heteroatoms. The summed E-state index contributed by atoms with van der Waals surface area (Å²) >= 11 is 0. The second-order valence-electron chi connectivity index (χ2n) is 4.54. The summed E-state index contributed by atoms with van der Waals surface area (Å²) in [6, 6.07) is 1.55. The van der Waals surface area contributed by atoms with Crippen LogP contribution < -0.4 is 9.47 Å². The van der Waals surface area contributed by atoms with Gasteiger partial charge in [0.2, 0.25) is 0 Å². The molecule has 0 amide bonds. The third-order valence-corrected chi connectivity index (χ3v) is 3.62. The van der Waals surface area contributed by atoms with E-state index in [0.717, 1.165) is 37.2 Å². The summed E-state index contributed by atoms with van der Waals surface area (Å²) in [5.41, 5.74) is 2.17. The van der Waals surface area contributed by atoms with Gasteiger partial charge in [-0.15, -0.1) is 0 Å². The van der Waals surface area contributed by atoms with Crippen molar-refractivity contribution in [3.05, 3.63) is 22.8 Å². The molecule has 0 atom stereocenters. The summed E-state index contributed by atoms with van der Waals surface area (Å²) in [4.78, 5) is 13.6. The number of hydrogen-bond donors (Lipinski definition) is 1. The third kappa shape index (κ3) is 2.38. The van der Waals surface area contributed by atoms with Crippen molar-refractivity contribution in [2.45, 2.75) is 19.9 Å². The molecule has 0 aliphatic carbocycles. The molecule has 0 bridgehead atoms. The van der Waals surface area contributed by atoms with Gasteiger partial charge in [0.15, 0.2) is 0 Å². The molecule has 1 aliphatic rings. The number of carboxylic acids is 1. The quantitative estimate of drug-likeness (QED) is 0.899. The summed E-state index contributed by atoms with van der Waals surface area (Å²) in [5.74, 6) is 0.112. The maximum absolute atomic E-state index is 11.3. The topological polar surface area (TPSA) is 59.0 Å². The van der Waals surface area contributed by atoms with Crippen LogP contribution in [0.5, 0.6) is 11.5 Å². The molecule has 19 heavy (non-hydrogen) atoms. The first kappa shape index (κ1) is 13.7. The van der Waals surface area contributed by atoms with Crippen LogP contribution in [0.15, 0.2) is 6.07 Å². The fourth-order valence-corrected chi connectivity index (χ4v) is 2.59. The second kappa shape index (κ2) is 5.48. The maximum Gasteiger partial charge on any atom is 0.339 e. The Morgan fingerprint density at radius 2 is 2.11 bits per heavy atom. The largest absolute Gasteiger partial charge is 0.496 e. The van der Waals surface area contributed by atoms with Crippen molar-refractivity contribution in [2.24, 2.45) is 0 Å². The first-order chi connectivity index (χ1) is 9.12. The zero-order valence-corrected chi connectivity index (χ0v) is 11.5. The van der Waals surface area contributed by atoms with Crippen molar-refractivity contribution in [1.29, 1.82) is 0 Å². The number of fused-ring (bicyclic) bond motifs is 1. The zero-order chi connectivity index (χ0) is 14.0. The number of benzene rings is 1. The molecule has 0 saturated carbocycles. The molecule has 1 heterocycles. The highest BCUT2D eigenvalue weighted by Gasteiger charge is 2.26. The van der Waals surface area contributed by atoms with Crippen LogP contribution in [-0.4, -0.2) is 43.3 Å². The van der Waals surface area contributed by atoms with Crippen LogP contribution >= 0.6 is 0 Å². The van der Waals surface area contributed by atoms with Gasteiger partial charge in [0.05, 0.1) is 14.2 Å². The van der Waals surface area contributed by atoms with Crippen LogP contribution in [0.2, 0.25) is 0 Å². The van der Waals surface area contributed by atoms with E-state index in [2.05, 4.69) is 11.8 Å². The van der Waals surface area contributed by atoms with Crippen molar-refractivity contribution in [1.82, 2.24) is 4.90 Å². The van der Waals surface area contributed by atoms with Crippen molar-refractivity contribution >= 4 is 5.97 Å². The molecule has 2 rings (SSSR count). The van der Waals surface area contributed by atoms with Gasteiger partial charge in [-0.3, -0.25) is 4.90 Å². The molecule has 1 N–H and O–H groups in total. The summed E-state index contributed by atoms with van der Waals surface area (Å²) in [6.07, 6.45) is 0.782. The summed E-state index contributed by atoms with van der Waals surface area (Å²) in [5, 5.41) is 9.27. The Morgan fingerprint density at radius 1 is 1.37 bits per heavy atom. The van der Waals surface area contributed by atoms with Gasteiger partial charge in [-0.1, -0.05) is 6.92 Å². The fourth-order valence-electron chi connectivity index (χ4n) is 2.59. The Morgan fingerprint density at radius 3 is 2.63 bits per heavy atom. The smallest absolute Gasteiger partial charge is 0.339 e. The lowest BCUT2D eigenvalue weighted by Gasteiger charge is -2.30. The van der Waals surface area contributed by atoms with Gasteiger partial charge in [0.25, 0.3) is 0 Å². The van der Waals surface area contributed by atoms with E-state index in [4.69, 9.17) is 9.47 Å². The van der Waals surface area contributed by atoms with Gasteiger partial charge in [0, 0.05) is 24.2 Å². The Labute approximate surface area is 112 Å². The monoisotopic (exact) mass is 265 g/mol. The zero-order valence-electron chi connectivity index (χ0n) is 11.5. The standard InChI is InChI=1S/C14H19NO4/c1-4-15-6-5-9-11(8-15)12(18-2)7-10(14(16)17)13(9)19-3/h7H,4-6,8H2,1-3H3,(H,16,17). The van der Waals surface area contributed by atoms with E-state index >= 15 is 0 Å². The van der Waals surface area contributed by atoms with Crippen molar-refractivity contribution in [2.75, 3.05) is 27.3 Å². The predicted molar refractivity (Wildman–Crippen MR) is 71.2 cm³/mol. The van der Waals surface area contributed by atoms with Crippen LogP contribution in [-0.2, 0) is 13.0 Å². The van der Waals surface area contributed by atoms with Crippen LogP contribution in [0.25, 0.3) is 0 Å². The minimum Gasteiger partial charge on any atom is -0.496 e. The molecule has 0 spiro atoms. The van der Waals surface area contributed by atoms with E-state index in [0.29, 0.717) is 11.5 Å². The average molecular weight is 265 g/mol. The van der Waals surface area contributed by atoms with Gasteiger partial charge in [-0.2, -0.15) is 0 Å². The highest BCUT2D eigenvalue weighted by atomic mass is 16.5. The molecule has 0 fully saturated rings. The number of carboxylic acid groups (broad SMARTS) is 1. The number of ether oxygens (including phenoxy) is 2. The summed E-state index contributed by atoms with van der Waals surface area (Å²) < 4.78 is 10.7. The highest BCUT2D eigenvalue weighted by Crippen LogP contribution is 2.37. The number of hydrogen-bond acceptors (Lipinski definition) is 4. The summed E-state index contributed by atoms with van der Waals surface area (Å²) in [6.45, 7) is 4.75. The molecular formula is C14H19NO4. The van der Waals surface area contributed by atoms with Crippen LogP contribution in [0.3, 0.4) is 0 Å². The predicted octanol–water partition coefficient (Wildman–Crippen LogP) is 1.78. The average Bonchev–Trinajstić information content (AvgIpc) is 2.44. The minimum absolute atomic E-state index is 0.169. The lowest BCUT2D eigenvalue weighted by Crippen LogP contribution is -2.31. The van der Waals surface area contributed by atoms with Gasteiger partial charge in [-0.05, 0) is 19.0 Å². The van der Waals surface area contributed by atoms with Crippen LogP contribution in [0.1, 0.15) is 28.4 Å². The van der Waals surface area contributed by atoms with Crippen molar-refractivity contribution in [3.63, 3.8) is 0 Å². The van der Waals surface area contributed by atoms with Crippen molar-refractivity contribution in [3.8, 4) is 11.5 Å². The maximum atomic E-state index is 11.3. The van der Waals surface area contributed by atoms with E-state index in [1.165, 1.54) is 7.11 Å². The normalized spacial score (nSPS) is 14.9. The molecule has 1 aromatic carbocycles. The van der Waals surface area contributed by atoms with E-state index in [9.17, 15) is 9.90 Å². The van der Waals surface area contributed by atoms with Crippen LogP contribution in [0, 0.1) is 0 Å². The Balaban J connectivity index is 2.59. The molecule has 104 valence electrons. The van der Waals surface area contributed by atoms with Gasteiger partial charge in [0.1, 0.15) is 17.1 Å². The molecule has 0 saturated heterocycles. The number of likely N-dealkylation sites (N-methyl/N-ethyl adjacent to an activating group) is 1. The molecule has 1 aliphatic heterocycles. The second-order valence-corrected chi connectivity index (χ2v) is 4.54. The Hall–Kier alpha value is -1.75. The highest BCUT2D eigenvalue weighted by molar-refractivity contribution is 5.92. The fraction of sp³-hybridized carbons (Fsp3) is 0.500. The van der Waals surface area contributed by atoms with Gasteiger partial charge >= 0.3 is 5.97 Å². The molecule has 0 unspecified atom stereocenters. The number of methoxy groups -OCH3 is 2. The van der Waals surface area contributed by atoms with Crippen molar-refractivity contribution < 1.29 is 19.4 Å². The number of rotatable bonds is 4. The Kier molecular flexibility index (Phi) is 3.95. The third-order valence-electron chi connectivity index (χ3n) is 3.62. The summed E-state index contributed by atoms with van der Waals surface area (Å²) in [7, 11) is 3.08. The lowest BCUT2D eigenvalue weighted by molar-refractivity contribution is 0.0692. The molecular weight excluding hydrogens is 246 g/mol. The SMILES string of the molecule is CCN1CCc2c(c(OC)cc(C(=O)O)c2OC)C1. The van der Waals surface area contributed by atoms with E-state index < -0.39 is 5.97 Å². The van der Waals surface area contributed by atoms with E-state index in [1.54, 1.807) is 13.2 Å². The van der Waals surface area contributed by atoms with Gasteiger partial charge in [-0.25, -0.2) is 4.79 Å². The number of carbonyl (C=O) groups is 1. The number of aromatic carboxylic acids is 1. The van der Waals surface area contributed by atoms with Crippen LogP contribution in [0.4, 0.5) is 0 Å². The lowest BCUT2D eigenvalue weighted by atomic mass is 9.94. The molecule has 0 radical (unpaired) electrons. The molecule has 0 aromatic heterocycles. The van der Waals surface area contributed by atoms with E-state index in [-0.39, 0.29) is 5.56 Å². The Bertz CT molecular complexity index is 499. The van der Waals surface area contributed by atoms with E-state index in [1.807, 2.05) is 0 Å². The number of nitrogens with zero attached hydrogens (tertiary/aromatic N) is 1. The minimum atomic E-state index is -0.990. The molecule has 1 aromatic rings. The molecule has 5 nitrogen and oxygen atoms in total. The first-order valence-electron chi connectivity index (χ1n) is 6.34. The first-order valence-corrected chi connectivity index (χ1v) is 6.34. The van der Waals surface area contributed by atoms with Gasteiger partial charge < -0.3 is 14.6 Å².